The first kappa shape index (κ1) is 23.0. The standard InChI is InChI=1S/C18H16F3N8O2S/c1-5-29-8-6-7-11-9-12(13(10-14(11)29)27-32(30,31)18(19,20)21)25-26-17-24-15(22-2)16(23-3)28(17)4/h9-10H,5-8H2,1,4H3/q-1. The van der Waals surface area contributed by atoms with Gasteiger partial charge in [0.1, 0.15) is 0 Å². The molecule has 1 aliphatic rings. The number of aryl methyl sites for hydroxylation is 1. The number of nitrogens with zero attached hydrogens (tertiary/aromatic N) is 8. The molecule has 1 aliphatic heterocycles. The van der Waals surface area contributed by atoms with Gasteiger partial charge in [0.2, 0.25) is 0 Å². The van der Waals surface area contributed by atoms with E-state index in [0.29, 0.717) is 25.2 Å². The quantitative estimate of drug-likeness (QED) is 0.426. The monoisotopic (exact) mass is 465 g/mol. The van der Waals surface area contributed by atoms with Crippen LogP contribution < -0.4 is 4.90 Å². The highest BCUT2D eigenvalue weighted by molar-refractivity contribution is 7.95. The van der Waals surface area contributed by atoms with Gasteiger partial charge in [-0.1, -0.05) is 35.0 Å². The largest absolute Gasteiger partial charge is 0.568 e. The molecule has 0 saturated carbocycles. The van der Waals surface area contributed by atoms with Crippen LogP contribution in [0.15, 0.2) is 22.4 Å². The summed E-state index contributed by atoms with van der Waals surface area (Å²) in [5, 5.41) is 7.71. The molecule has 0 spiro atoms. The fourth-order valence-electron chi connectivity index (χ4n) is 3.20. The van der Waals surface area contributed by atoms with Crippen LogP contribution in [0, 0.1) is 13.1 Å². The Morgan fingerprint density at radius 3 is 2.53 bits per heavy atom. The predicted molar refractivity (Wildman–Crippen MR) is 111 cm³/mol. The summed E-state index contributed by atoms with van der Waals surface area (Å²) in [6, 6.07) is 2.70. The maximum atomic E-state index is 12.9. The minimum absolute atomic E-state index is 0.0810. The molecule has 2 aromatic rings. The van der Waals surface area contributed by atoms with Crippen LogP contribution in [-0.4, -0.2) is 36.6 Å². The first-order valence-electron chi connectivity index (χ1n) is 9.22. The second kappa shape index (κ2) is 8.47. The van der Waals surface area contributed by atoms with E-state index in [4.69, 9.17) is 13.1 Å². The zero-order valence-corrected chi connectivity index (χ0v) is 17.7. The van der Waals surface area contributed by atoms with Gasteiger partial charge >= 0.3 is 11.5 Å². The van der Waals surface area contributed by atoms with E-state index in [1.807, 2.05) is 11.8 Å². The van der Waals surface area contributed by atoms with Gasteiger partial charge in [0.25, 0.3) is 11.6 Å². The summed E-state index contributed by atoms with van der Waals surface area (Å²) in [6.07, 6.45) is 1.42. The average molecular weight is 465 g/mol. The van der Waals surface area contributed by atoms with Crippen LogP contribution in [0.1, 0.15) is 18.9 Å². The van der Waals surface area contributed by atoms with Crippen molar-refractivity contribution in [2.24, 2.45) is 17.3 Å². The number of benzene rings is 1. The molecular weight excluding hydrogens is 449 g/mol. The minimum atomic E-state index is -5.82. The highest BCUT2D eigenvalue weighted by Crippen LogP contribution is 2.45. The second-order valence-corrected chi connectivity index (χ2v) is 8.30. The van der Waals surface area contributed by atoms with Crippen molar-refractivity contribution in [3.8, 4) is 0 Å². The lowest BCUT2D eigenvalue weighted by molar-refractivity contribution is -0.0425. The van der Waals surface area contributed by atoms with Gasteiger partial charge in [-0.05, 0) is 31.4 Å². The predicted octanol–water partition coefficient (Wildman–Crippen LogP) is 5.56. The van der Waals surface area contributed by atoms with Crippen molar-refractivity contribution in [3.63, 3.8) is 0 Å². The normalized spacial score (nSPS) is 14.2. The summed E-state index contributed by atoms with van der Waals surface area (Å²) >= 11 is 0. The van der Waals surface area contributed by atoms with Crippen molar-refractivity contribution >= 4 is 44.7 Å². The molecule has 0 fully saturated rings. The number of anilines is 1. The number of aromatic nitrogens is 2. The van der Waals surface area contributed by atoms with Gasteiger partial charge in [0.05, 0.1) is 12.7 Å². The second-order valence-electron chi connectivity index (χ2n) is 6.71. The van der Waals surface area contributed by atoms with E-state index in [2.05, 4.69) is 29.6 Å². The smallest absolute Gasteiger partial charge is 0.483 e. The number of imidazole rings is 1. The molecule has 0 saturated heterocycles. The Morgan fingerprint density at radius 2 is 1.97 bits per heavy atom. The van der Waals surface area contributed by atoms with Crippen LogP contribution in [0.3, 0.4) is 0 Å². The molecule has 1 aromatic carbocycles. The highest BCUT2D eigenvalue weighted by Gasteiger charge is 2.39. The molecule has 0 radical (unpaired) electrons. The fourth-order valence-corrected chi connectivity index (χ4v) is 3.71. The maximum absolute atomic E-state index is 12.9. The maximum Gasteiger partial charge on any atom is 0.483 e. The third-order valence-corrected chi connectivity index (χ3v) is 5.79. The number of sulfonamides is 1. The van der Waals surface area contributed by atoms with Crippen LogP contribution in [0.5, 0.6) is 0 Å². The Hall–Kier alpha value is -3.65. The van der Waals surface area contributed by atoms with Crippen LogP contribution in [0.4, 0.5) is 47.8 Å². The zero-order valence-electron chi connectivity index (χ0n) is 16.9. The highest BCUT2D eigenvalue weighted by atomic mass is 32.2. The van der Waals surface area contributed by atoms with E-state index in [1.165, 1.54) is 23.7 Å². The van der Waals surface area contributed by atoms with E-state index < -0.39 is 21.2 Å². The lowest BCUT2D eigenvalue weighted by Gasteiger charge is -2.33. The summed E-state index contributed by atoms with van der Waals surface area (Å²) in [4.78, 5) is 12.1. The molecule has 0 atom stereocenters. The van der Waals surface area contributed by atoms with Gasteiger partial charge < -0.3 is 19.3 Å². The molecule has 0 amide bonds. The molecule has 0 unspecified atom stereocenters. The molecule has 2 heterocycles. The SMILES string of the molecule is [C-]#[N+]c1nc(N=Nc2cc3c(cc2[N-]S(=O)(=O)C(F)(F)F)N(CC)CCC3)n(C)c1[N+]#[C-]. The Bertz CT molecular complexity index is 1270. The number of azo groups is 1. The van der Waals surface area contributed by atoms with Gasteiger partial charge in [-0.3, -0.25) is 0 Å². The Labute approximate surface area is 182 Å². The summed E-state index contributed by atoms with van der Waals surface area (Å²) in [5.74, 6) is -0.424. The lowest BCUT2D eigenvalue weighted by Crippen LogP contribution is -2.28. The van der Waals surface area contributed by atoms with Crippen LogP contribution in [0.2, 0.25) is 0 Å². The van der Waals surface area contributed by atoms with Gasteiger partial charge in [0.15, 0.2) is 10.0 Å². The first-order valence-corrected chi connectivity index (χ1v) is 10.7. The topological polar surface area (TPSA) is 103 Å². The first-order chi connectivity index (χ1) is 15.0. The molecule has 1 aromatic heterocycles. The number of rotatable bonds is 5. The zero-order chi connectivity index (χ0) is 23.7. The molecule has 168 valence electrons. The number of alkyl halides is 3. The van der Waals surface area contributed by atoms with Gasteiger partial charge in [-0.2, -0.15) is 13.2 Å². The summed E-state index contributed by atoms with van der Waals surface area (Å²) in [7, 11) is -4.40. The van der Waals surface area contributed by atoms with E-state index >= 15 is 0 Å². The summed E-state index contributed by atoms with van der Waals surface area (Å²) < 4.78 is 66.4. The van der Waals surface area contributed by atoms with Crippen molar-refractivity contribution in [3.05, 3.63) is 45.3 Å². The Kier molecular flexibility index (Phi) is 6.09. The third-order valence-electron chi connectivity index (χ3n) is 4.77. The average Bonchev–Trinajstić information content (AvgIpc) is 3.05. The van der Waals surface area contributed by atoms with Crippen LogP contribution in [-0.2, 0) is 23.5 Å². The minimum Gasteiger partial charge on any atom is -0.568 e. The molecule has 32 heavy (non-hydrogen) atoms. The van der Waals surface area contributed by atoms with Crippen molar-refractivity contribution in [2.45, 2.75) is 25.3 Å². The van der Waals surface area contributed by atoms with Crippen molar-refractivity contribution in [1.29, 1.82) is 0 Å². The number of halogens is 3. The molecule has 0 bridgehead atoms. The van der Waals surface area contributed by atoms with Crippen LogP contribution >= 0.6 is 0 Å². The molecule has 0 aliphatic carbocycles. The van der Waals surface area contributed by atoms with Crippen molar-refractivity contribution in [2.75, 3.05) is 18.0 Å². The summed E-state index contributed by atoms with van der Waals surface area (Å²) in [6.45, 7) is 17.3. The van der Waals surface area contributed by atoms with Crippen LogP contribution in [0.25, 0.3) is 14.4 Å². The van der Waals surface area contributed by atoms with Gasteiger partial charge in [-0.25, -0.2) is 13.0 Å². The summed E-state index contributed by atoms with van der Waals surface area (Å²) in [5.41, 5.74) is -4.95. The Morgan fingerprint density at radius 1 is 1.25 bits per heavy atom. The van der Waals surface area contributed by atoms with Gasteiger partial charge in [-0.15, -0.1) is 5.11 Å². The molecular formula is C18H16F3N8O2S-. The molecule has 3 rings (SSSR count). The molecule has 10 nitrogen and oxygen atoms in total. The van der Waals surface area contributed by atoms with Crippen molar-refractivity contribution in [1.82, 2.24) is 9.55 Å². The van der Waals surface area contributed by atoms with E-state index in [9.17, 15) is 21.6 Å². The molecule has 0 N–H and O–H groups in total. The third kappa shape index (κ3) is 4.22. The fraction of sp³-hybridized carbons (Fsp3) is 0.389. The van der Waals surface area contributed by atoms with E-state index in [0.717, 1.165) is 12.0 Å². The van der Waals surface area contributed by atoms with Gasteiger partial charge in [0, 0.05) is 18.8 Å². The number of hydrogen-bond donors (Lipinski definition) is 0. The number of fused-ring (bicyclic) bond motifs is 1. The molecule has 14 heteroatoms. The van der Waals surface area contributed by atoms with E-state index in [1.54, 1.807) is 0 Å². The number of hydrogen-bond acceptors (Lipinski definition) is 6. The Balaban J connectivity index is 2.12. The van der Waals surface area contributed by atoms with Crippen molar-refractivity contribution < 1.29 is 21.6 Å². The lowest BCUT2D eigenvalue weighted by atomic mass is 10.0. The van der Waals surface area contributed by atoms with E-state index in [-0.39, 0.29) is 23.3 Å².